The van der Waals surface area contributed by atoms with E-state index in [2.05, 4.69) is 34.1 Å². The molecule has 1 aromatic carbocycles. The van der Waals surface area contributed by atoms with Crippen LogP contribution in [0.1, 0.15) is 32.3 Å². The summed E-state index contributed by atoms with van der Waals surface area (Å²) < 4.78 is 13.0. The number of aliphatic imine (C=N–C) groups is 2. The van der Waals surface area contributed by atoms with Gasteiger partial charge < -0.3 is 21.4 Å². The molecule has 0 aliphatic carbocycles. The van der Waals surface area contributed by atoms with Gasteiger partial charge >= 0.3 is 0 Å². The van der Waals surface area contributed by atoms with Gasteiger partial charge in [-0.3, -0.25) is 4.99 Å². The quantitative estimate of drug-likeness (QED) is 0.446. The molecule has 0 aliphatic heterocycles. The van der Waals surface area contributed by atoms with Crippen molar-refractivity contribution in [3.63, 3.8) is 0 Å². The van der Waals surface area contributed by atoms with Crippen molar-refractivity contribution in [2.75, 3.05) is 6.54 Å². The van der Waals surface area contributed by atoms with Gasteiger partial charge in [0.2, 0.25) is 0 Å². The minimum atomic E-state index is -0.278. The molecule has 0 unspecified atom stereocenters. The molecule has 1 radical (unpaired) electrons. The molecule has 0 spiro atoms. The van der Waals surface area contributed by atoms with Crippen LogP contribution < -0.4 is 10.6 Å². The number of halogens is 1. The third kappa shape index (κ3) is 9.76. The standard InChI is InChI=1S/C16H23FN5.V/c1-4-5-9-19-12(2)21-16(18)22-13(3)20-11-14-7-6-8-15(17)10-14;/h6-8,10,20H,3-5,9,11H2,1-2H3,(H2-,18,19,21,22);/q-1;. The Hall–Kier alpha value is -1.79. The molecule has 0 fully saturated rings. The van der Waals surface area contributed by atoms with E-state index in [1.54, 1.807) is 13.0 Å². The van der Waals surface area contributed by atoms with Crippen LogP contribution in [0.5, 0.6) is 0 Å². The second-order valence-electron chi connectivity index (χ2n) is 4.83. The fraction of sp³-hybridized carbons (Fsp3) is 0.375. The maximum atomic E-state index is 13.0. The van der Waals surface area contributed by atoms with Crippen LogP contribution in [0.4, 0.5) is 4.39 Å². The van der Waals surface area contributed by atoms with Crippen molar-refractivity contribution in [1.29, 1.82) is 0 Å². The van der Waals surface area contributed by atoms with Crippen molar-refractivity contribution in [1.82, 2.24) is 10.6 Å². The van der Waals surface area contributed by atoms with E-state index in [-0.39, 0.29) is 30.3 Å². The summed E-state index contributed by atoms with van der Waals surface area (Å²) in [6.45, 7) is 8.75. The zero-order valence-electron chi connectivity index (χ0n) is 13.6. The van der Waals surface area contributed by atoms with Gasteiger partial charge in [-0.25, -0.2) is 4.39 Å². The Bertz CT molecular complexity index is 557. The number of amidine groups is 1. The van der Waals surface area contributed by atoms with Gasteiger partial charge in [0.05, 0.1) is 5.84 Å². The van der Waals surface area contributed by atoms with Gasteiger partial charge in [-0.1, -0.05) is 32.1 Å². The van der Waals surface area contributed by atoms with Crippen LogP contribution in [-0.4, -0.2) is 18.3 Å². The van der Waals surface area contributed by atoms with E-state index in [0.717, 1.165) is 24.9 Å². The Morgan fingerprint density at radius 2 is 2.13 bits per heavy atom. The minimum absolute atomic E-state index is 0. The molecule has 0 atom stereocenters. The normalized spacial score (nSPS) is 11.6. The zero-order chi connectivity index (χ0) is 16.4. The predicted octanol–water partition coefficient (Wildman–Crippen LogP) is 3.60. The van der Waals surface area contributed by atoms with Gasteiger partial charge in [-0.05, 0) is 31.0 Å². The van der Waals surface area contributed by atoms with E-state index in [1.807, 2.05) is 6.07 Å². The number of nitrogens with zero attached hydrogens (tertiary/aromatic N) is 2. The fourth-order valence-corrected chi connectivity index (χ4v) is 1.67. The van der Waals surface area contributed by atoms with Gasteiger partial charge in [-0.15, -0.1) is 0 Å². The molecule has 0 heterocycles. The van der Waals surface area contributed by atoms with Crippen LogP contribution in [0, 0.1) is 5.82 Å². The summed E-state index contributed by atoms with van der Waals surface area (Å²) in [6.07, 6.45) is 2.09. The first kappa shape index (κ1) is 21.2. The Kier molecular flexibility index (Phi) is 10.8. The van der Waals surface area contributed by atoms with Crippen LogP contribution in [0.3, 0.4) is 0 Å². The summed E-state index contributed by atoms with van der Waals surface area (Å²) in [4.78, 5) is 8.26. The molecule has 1 aromatic rings. The summed E-state index contributed by atoms with van der Waals surface area (Å²) in [5.41, 5.74) is 8.52. The van der Waals surface area contributed by atoms with E-state index in [1.165, 1.54) is 12.1 Å². The molecule has 125 valence electrons. The topological polar surface area (TPSA) is 72.6 Å². The van der Waals surface area contributed by atoms with Crippen molar-refractivity contribution in [2.45, 2.75) is 33.2 Å². The molecule has 0 aromatic heterocycles. The van der Waals surface area contributed by atoms with E-state index >= 15 is 0 Å². The molecule has 7 heteroatoms. The Morgan fingerprint density at radius 1 is 1.39 bits per heavy atom. The first-order chi connectivity index (χ1) is 10.5. The summed E-state index contributed by atoms with van der Waals surface area (Å²) >= 11 is 0. The van der Waals surface area contributed by atoms with Crippen LogP contribution in [0.15, 0.2) is 46.7 Å². The molecule has 3 N–H and O–H groups in total. The summed E-state index contributed by atoms with van der Waals surface area (Å²) in [6, 6.07) is 6.30. The Morgan fingerprint density at radius 3 is 2.78 bits per heavy atom. The third-order valence-electron chi connectivity index (χ3n) is 2.79. The van der Waals surface area contributed by atoms with Gasteiger partial charge in [0.15, 0.2) is 0 Å². The maximum absolute atomic E-state index is 13.0. The molecule has 1 rings (SSSR count). The zero-order valence-corrected chi connectivity index (χ0v) is 15.0. The number of hydrogen-bond donors (Lipinski definition) is 2. The molecule has 0 bridgehead atoms. The molecule has 0 amide bonds. The third-order valence-corrected chi connectivity index (χ3v) is 2.79. The first-order valence-electron chi connectivity index (χ1n) is 7.27. The molecule has 5 nitrogen and oxygen atoms in total. The van der Waals surface area contributed by atoms with E-state index in [0.29, 0.717) is 18.2 Å². The van der Waals surface area contributed by atoms with Crippen molar-refractivity contribution >= 4 is 11.8 Å². The average Bonchev–Trinajstić information content (AvgIpc) is 2.45. The Balaban J connectivity index is 0.00000484. The monoisotopic (exact) mass is 355 g/mol. The van der Waals surface area contributed by atoms with Gasteiger partial charge in [0, 0.05) is 43.4 Å². The number of unbranched alkanes of at least 4 members (excludes halogenated alkanes) is 1. The predicted molar refractivity (Wildman–Crippen MR) is 90.2 cm³/mol. The smallest absolute Gasteiger partial charge is 0.123 e. The molecular formula is C16H23FN5V-. The Labute approximate surface area is 149 Å². The number of rotatable bonds is 7. The van der Waals surface area contributed by atoms with E-state index in [4.69, 9.17) is 5.73 Å². The average molecular weight is 355 g/mol. The van der Waals surface area contributed by atoms with Gasteiger partial charge in [0.25, 0.3) is 0 Å². The van der Waals surface area contributed by atoms with Crippen LogP contribution >= 0.6 is 0 Å². The molecule has 23 heavy (non-hydrogen) atoms. The van der Waals surface area contributed by atoms with Crippen molar-refractivity contribution in [3.8, 4) is 0 Å². The van der Waals surface area contributed by atoms with Crippen molar-refractivity contribution < 1.29 is 22.9 Å². The number of nitrogens with one attached hydrogen (secondary N) is 3. The summed E-state index contributed by atoms with van der Waals surface area (Å²) in [5, 5.41) is 5.69. The first-order valence-corrected chi connectivity index (χ1v) is 7.27. The SMILES string of the molecule is C=C(NCc1cccc(F)c1)NC([NH-])=NC(C)=NCCCC.[V]. The summed E-state index contributed by atoms with van der Waals surface area (Å²) in [5.74, 6) is 0.678. The number of guanidine groups is 1. The van der Waals surface area contributed by atoms with Crippen LogP contribution in [0.25, 0.3) is 5.73 Å². The van der Waals surface area contributed by atoms with E-state index in [9.17, 15) is 4.39 Å². The minimum Gasteiger partial charge on any atom is -0.411 e. The molecule has 0 saturated heterocycles. The van der Waals surface area contributed by atoms with Crippen molar-refractivity contribution in [3.05, 3.63) is 53.8 Å². The van der Waals surface area contributed by atoms with Gasteiger partial charge in [-0.2, -0.15) is 0 Å². The molecule has 0 saturated carbocycles. The largest absolute Gasteiger partial charge is 0.411 e. The number of hydrogen-bond acceptors (Lipinski definition) is 2. The van der Waals surface area contributed by atoms with E-state index < -0.39 is 0 Å². The molecule has 0 aliphatic rings. The van der Waals surface area contributed by atoms with Crippen LogP contribution in [0.2, 0.25) is 0 Å². The second-order valence-corrected chi connectivity index (χ2v) is 4.83. The fourth-order valence-electron chi connectivity index (χ4n) is 1.67. The van der Waals surface area contributed by atoms with Crippen LogP contribution in [-0.2, 0) is 25.1 Å². The van der Waals surface area contributed by atoms with Gasteiger partial charge in [0.1, 0.15) is 5.82 Å². The summed E-state index contributed by atoms with van der Waals surface area (Å²) in [7, 11) is 0. The second kappa shape index (κ2) is 11.7. The number of benzene rings is 1. The van der Waals surface area contributed by atoms with Crippen molar-refractivity contribution in [2.24, 2.45) is 9.98 Å². The molecular weight excluding hydrogens is 332 g/mol. The maximum Gasteiger partial charge on any atom is 0.123 e.